The SMILES string of the molecule is CN(CCOc1ccccc1F)CC(=O)Nc1cccc(C#N)c1. The molecular formula is C18H18FN3O2. The highest BCUT2D eigenvalue weighted by Crippen LogP contribution is 2.15. The van der Waals surface area contributed by atoms with Crippen LogP contribution < -0.4 is 10.1 Å². The normalized spacial score (nSPS) is 10.2. The van der Waals surface area contributed by atoms with Gasteiger partial charge in [0.2, 0.25) is 5.91 Å². The summed E-state index contributed by atoms with van der Waals surface area (Å²) in [6.07, 6.45) is 0. The van der Waals surface area contributed by atoms with Crippen LogP contribution in [-0.4, -0.2) is 37.6 Å². The Morgan fingerprint density at radius 1 is 1.29 bits per heavy atom. The Hall–Kier alpha value is -2.91. The number of para-hydroxylation sites is 1. The number of likely N-dealkylation sites (N-methyl/N-ethyl adjacent to an activating group) is 1. The van der Waals surface area contributed by atoms with E-state index in [1.807, 2.05) is 6.07 Å². The fraction of sp³-hybridized carbons (Fsp3) is 0.222. The second-order valence-corrected chi connectivity index (χ2v) is 5.26. The molecule has 1 N–H and O–H groups in total. The minimum Gasteiger partial charge on any atom is -0.489 e. The zero-order valence-corrected chi connectivity index (χ0v) is 13.3. The molecule has 2 aromatic carbocycles. The van der Waals surface area contributed by atoms with Gasteiger partial charge in [-0.1, -0.05) is 18.2 Å². The molecule has 0 aliphatic heterocycles. The van der Waals surface area contributed by atoms with Crippen LogP contribution in [0.1, 0.15) is 5.56 Å². The molecule has 2 rings (SSSR count). The van der Waals surface area contributed by atoms with Gasteiger partial charge in [-0.3, -0.25) is 9.69 Å². The lowest BCUT2D eigenvalue weighted by molar-refractivity contribution is -0.117. The fourth-order valence-corrected chi connectivity index (χ4v) is 2.06. The Morgan fingerprint density at radius 3 is 2.83 bits per heavy atom. The molecule has 0 aliphatic carbocycles. The summed E-state index contributed by atoms with van der Waals surface area (Å²) < 4.78 is 18.8. The van der Waals surface area contributed by atoms with E-state index in [1.165, 1.54) is 6.07 Å². The molecule has 124 valence electrons. The van der Waals surface area contributed by atoms with Crippen molar-refractivity contribution in [2.45, 2.75) is 0 Å². The number of ether oxygens (including phenoxy) is 1. The first kappa shape index (κ1) is 17.4. The smallest absolute Gasteiger partial charge is 0.238 e. The Balaban J connectivity index is 1.75. The Labute approximate surface area is 140 Å². The number of carbonyl (C=O) groups excluding carboxylic acids is 1. The van der Waals surface area contributed by atoms with Gasteiger partial charge in [0.05, 0.1) is 18.2 Å². The third-order valence-electron chi connectivity index (χ3n) is 3.26. The van der Waals surface area contributed by atoms with E-state index in [-0.39, 0.29) is 24.8 Å². The standard InChI is InChI=1S/C18H18FN3O2/c1-22(9-10-24-17-8-3-2-7-16(17)19)13-18(23)21-15-6-4-5-14(11-15)12-20/h2-8,11H,9-10,13H2,1H3,(H,21,23). The number of hydrogen-bond acceptors (Lipinski definition) is 4. The van der Waals surface area contributed by atoms with Crippen molar-refractivity contribution in [3.63, 3.8) is 0 Å². The largest absolute Gasteiger partial charge is 0.489 e. The van der Waals surface area contributed by atoms with Crippen LogP contribution in [0.2, 0.25) is 0 Å². The van der Waals surface area contributed by atoms with Crippen molar-refractivity contribution in [3.05, 3.63) is 59.9 Å². The summed E-state index contributed by atoms with van der Waals surface area (Å²) in [6.45, 7) is 0.909. The molecule has 5 nitrogen and oxygen atoms in total. The first-order chi connectivity index (χ1) is 11.6. The minimum atomic E-state index is -0.407. The fourth-order valence-electron chi connectivity index (χ4n) is 2.06. The van der Waals surface area contributed by atoms with Crippen molar-refractivity contribution >= 4 is 11.6 Å². The molecule has 0 unspecified atom stereocenters. The highest BCUT2D eigenvalue weighted by molar-refractivity contribution is 5.92. The third-order valence-corrected chi connectivity index (χ3v) is 3.26. The zero-order chi connectivity index (χ0) is 17.4. The molecule has 0 fully saturated rings. The highest BCUT2D eigenvalue weighted by Gasteiger charge is 2.08. The van der Waals surface area contributed by atoms with Gasteiger partial charge in [-0.25, -0.2) is 4.39 Å². The van der Waals surface area contributed by atoms with Crippen LogP contribution in [0.3, 0.4) is 0 Å². The number of nitrogens with one attached hydrogen (secondary N) is 1. The zero-order valence-electron chi connectivity index (χ0n) is 13.3. The lowest BCUT2D eigenvalue weighted by atomic mass is 10.2. The van der Waals surface area contributed by atoms with Crippen LogP contribution in [0.4, 0.5) is 10.1 Å². The maximum atomic E-state index is 13.4. The molecule has 24 heavy (non-hydrogen) atoms. The van der Waals surface area contributed by atoms with E-state index in [0.717, 1.165) is 0 Å². The number of nitrogens with zero attached hydrogens (tertiary/aromatic N) is 2. The average molecular weight is 327 g/mol. The minimum absolute atomic E-state index is 0.164. The number of benzene rings is 2. The van der Waals surface area contributed by atoms with Gasteiger partial charge in [-0.2, -0.15) is 5.26 Å². The molecule has 2 aromatic rings. The topological polar surface area (TPSA) is 65.4 Å². The van der Waals surface area contributed by atoms with Crippen LogP contribution in [-0.2, 0) is 4.79 Å². The Morgan fingerprint density at radius 2 is 2.08 bits per heavy atom. The summed E-state index contributed by atoms with van der Waals surface area (Å²) >= 11 is 0. The number of carbonyl (C=O) groups is 1. The van der Waals surface area contributed by atoms with Crippen LogP contribution in [0, 0.1) is 17.1 Å². The summed E-state index contributed by atoms with van der Waals surface area (Å²) in [5.41, 5.74) is 1.06. The number of nitriles is 1. The summed E-state index contributed by atoms with van der Waals surface area (Å²) in [7, 11) is 1.77. The van der Waals surface area contributed by atoms with Crippen molar-refractivity contribution in [1.82, 2.24) is 4.90 Å². The predicted octanol–water partition coefficient (Wildman–Crippen LogP) is 2.65. The molecule has 0 radical (unpaired) electrons. The van der Waals surface area contributed by atoms with Crippen molar-refractivity contribution in [1.29, 1.82) is 5.26 Å². The Kier molecular flexibility index (Phi) is 6.29. The van der Waals surface area contributed by atoms with Crippen molar-refractivity contribution < 1.29 is 13.9 Å². The number of halogens is 1. The summed E-state index contributed by atoms with van der Waals surface area (Å²) in [5, 5.41) is 11.6. The van der Waals surface area contributed by atoms with E-state index in [1.54, 1.807) is 54.4 Å². The van der Waals surface area contributed by atoms with Crippen LogP contribution in [0.25, 0.3) is 0 Å². The molecule has 0 aromatic heterocycles. The van der Waals surface area contributed by atoms with Gasteiger partial charge in [-0.05, 0) is 37.4 Å². The van der Waals surface area contributed by atoms with Gasteiger partial charge in [0.15, 0.2) is 11.6 Å². The van der Waals surface area contributed by atoms with Gasteiger partial charge in [-0.15, -0.1) is 0 Å². The molecule has 1 amide bonds. The van der Waals surface area contributed by atoms with E-state index >= 15 is 0 Å². The van der Waals surface area contributed by atoms with Crippen LogP contribution >= 0.6 is 0 Å². The van der Waals surface area contributed by atoms with Gasteiger partial charge in [0, 0.05) is 12.2 Å². The predicted molar refractivity (Wildman–Crippen MR) is 89.2 cm³/mol. The lowest BCUT2D eigenvalue weighted by Crippen LogP contribution is -2.33. The maximum absolute atomic E-state index is 13.4. The molecular weight excluding hydrogens is 309 g/mol. The van der Waals surface area contributed by atoms with Crippen molar-refractivity contribution in [2.75, 3.05) is 32.1 Å². The van der Waals surface area contributed by atoms with E-state index in [9.17, 15) is 9.18 Å². The van der Waals surface area contributed by atoms with Crippen molar-refractivity contribution in [3.8, 4) is 11.8 Å². The van der Waals surface area contributed by atoms with Gasteiger partial charge >= 0.3 is 0 Å². The van der Waals surface area contributed by atoms with Gasteiger partial charge in [0.25, 0.3) is 0 Å². The number of rotatable bonds is 7. The second kappa shape index (κ2) is 8.65. The summed E-state index contributed by atoms with van der Waals surface area (Å²) in [4.78, 5) is 13.7. The highest BCUT2D eigenvalue weighted by atomic mass is 19.1. The number of hydrogen-bond donors (Lipinski definition) is 1. The summed E-state index contributed by atoms with van der Waals surface area (Å²) in [6, 6.07) is 14.9. The first-order valence-electron chi connectivity index (χ1n) is 7.44. The van der Waals surface area contributed by atoms with E-state index in [0.29, 0.717) is 17.8 Å². The van der Waals surface area contributed by atoms with Gasteiger partial charge < -0.3 is 10.1 Å². The maximum Gasteiger partial charge on any atom is 0.238 e. The molecule has 6 heteroatoms. The molecule has 0 saturated heterocycles. The lowest BCUT2D eigenvalue weighted by Gasteiger charge is -2.17. The quantitative estimate of drug-likeness (QED) is 0.849. The molecule has 0 saturated carbocycles. The first-order valence-corrected chi connectivity index (χ1v) is 7.44. The second-order valence-electron chi connectivity index (χ2n) is 5.26. The van der Waals surface area contributed by atoms with Crippen LogP contribution in [0.15, 0.2) is 48.5 Å². The number of anilines is 1. The van der Waals surface area contributed by atoms with E-state index < -0.39 is 5.82 Å². The Bertz CT molecular complexity index is 743. The van der Waals surface area contributed by atoms with Gasteiger partial charge in [0.1, 0.15) is 6.61 Å². The van der Waals surface area contributed by atoms with E-state index in [2.05, 4.69) is 5.32 Å². The number of amides is 1. The third kappa shape index (κ3) is 5.38. The molecule has 0 spiro atoms. The van der Waals surface area contributed by atoms with Crippen LogP contribution in [0.5, 0.6) is 5.75 Å². The van der Waals surface area contributed by atoms with E-state index in [4.69, 9.17) is 10.00 Å². The van der Waals surface area contributed by atoms with Crippen molar-refractivity contribution in [2.24, 2.45) is 0 Å². The monoisotopic (exact) mass is 327 g/mol. The average Bonchev–Trinajstić information content (AvgIpc) is 2.56. The molecule has 0 heterocycles. The molecule has 0 atom stereocenters. The summed E-state index contributed by atoms with van der Waals surface area (Å²) in [5.74, 6) is -0.405. The molecule has 0 aliphatic rings. The molecule has 0 bridgehead atoms.